The number of benzene rings is 2. The van der Waals surface area contributed by atoms with Gasteiger partial charge in [0.1, 0.15) is 0 Å². The molecule has 0 aromatic heterocycles. The van der Waals surface area contributed by atoms with Gasteiger partial charge >= 0.3 is 0 Å². The molecule has 20 heavy (non-hydrogen) atoms. The van der Waals surface area contributed by atoms with Crippen molar-refractivity contribution in [2.45, 2.75) is 13.0 Å². The first-order chi connectivity index (χ1) is 9.75. The van der Waals surface area contributed by atoms with Crippen molar-refractivity contribution >= 4 is 21.6 Å². The average Bonchev–Trinajstić information content (AvgIpc) is 2.51. The van der Waals surface area contributed by atoms with Gasteiger partial charge in [-0.1, -0.05) is 52.3 Å². The Labute approximate surface area is 128 Å². The van der Waals surface area contributed by atoms with Crippen LogP contribution in [0.4, 0.5) is 5.69 Å². The summed E-state index contributed by atoms with van der Waals surface area (Å²) in [5.74, 6) is 0. The summed E-state index contributed by atoms with van der Waals surface area (Å²) >= 11 is 3.65. The number of halogens is 1. The smallest absolute Gasteiger partial charge is 0.0667 e. The number of nitrogens with zero attached hydrogens (tertiary/aromatic N) is 1. The second-order valence-corrected chi connectivity index (χ2v) is 6.11. The quantitative estimate of drug-likeness (QED) is 0.898. The molecule has 2 aromatic carbocycles. The van der Waals surface area contributed by atoms with Gasteiger partial charge in [-0.2, -0.15) is 0 Å². The van der Waals surface area contributed by atoms with Crippen molar-refractivity contribution in [2.24, 2.45) is 0 Å². The molecule has 1 atom stereocenters. The summed E-state index contributed by atoms with van der Waals surface area (Å²) < 4.78 is 1.18. The molecule has 3 heteroatoms. The Morgan fingerprint density at radius 2 is 1.95 bits per heavy atom. The molecular weight excluding hydrogens is 312 g/mol. The van der Waals surface area contributed by atoms with Crippen LogP contribution in [-0.4, -0.2) is 19.6 Å². The molecule has 1 unspecified atom stereocenters. The standard InChI is InChI=1S/C17H19BrN2/c1-13-7-8-15(11-16(13)18)20-10-9-19-12-17(20)14-5-3-2-4-6-14/h2-8,11,17,19H,9-10,12H2,1H3. The fourth-order valence-corrected chi connectivity index (χ4v) is 3.11. The summed E-state index contributed by atoms with van der Waals surface area (Å²) in [7, 11) is 0. The van der Waals surface area contributed by atoms with E-state index in [2.05, 4.69) is 81.6 Å². The van der Waals surface area contributed by atoms with Gasteiger partial charge in [0, 0.05) is 29.8 Å². The summed E-state index contributed by atoms with van der Waals surface area (Å²) in [6.45, 7) is 5.19. The molecule has 3 rings (SSSR count). The Hall–Kier alpha value is -1.32. The Bertz CT molecular complexity index is 583. The van der Waals surface area contributed by atoms with E-state index in [1.165, 1.54) is 21.3 Å². The van der Waals surface area contributed by atoms with Crippen molar-refractivity contribution in [1.82, 2.24) is 5.32 Å². The predicted molar refractivity (Wildman–Crippen MR) is 88.3 cm³/mol. The first-order valence-corrected chi connectivity index (χ1v) is 7.83. The molecule has 1 heterocycles. The Morgan fingerprint density at radius 1 is 1.15 bits per heavy atom. The van der Waals surface area contributed by atoms with Gasteiger partial charge in [0.2, 0.25) is 0 Å². The molecule has 1 aliphatic rings. The third-order valence-electron chi connectivity index (χ3n) is 3.91. The maximum Gasteiger partial charge on any atom is 0.0667 e. The Balaban J connectivity index is 1.94. The van der Waals surface area contributed by atoms with Gasteiger partial charge in [-0.05, 0) is 30.2 Å². The van der Waals surface area contributed by atoms with E-state index < -0.39 is 0 Å². The molecule has 2 nitrogen and oxygen atoms in total. The fourth-order valence-electron chi connectivity index (χ4n) is 2.75. The molecule has 0 bridgehead atoms. The maximum atomic E-state index is 3.65. The van der Waals surface area contributed by atoms with Gasteiger partial charge in [0.25, 0.3) is 0 Å². The van der Waals surface area contributed by atoms with Crippen LogP contribution in [0.15, 0.2) is 53.0 Å². The van der Waals surface area contributed by atoms with Crippen molar-refractivity contribution in [1.29, 1.82) is 0 Å². The van der Waals surface area contributed by atoms with E-state index >= 15 is 0 Å². The molecule has 2 aromatic rings. The molecule has 0 aliphatic carbocycles. The first-order valence-electron chi connectivity index (χ1n) is 7.04. The van der Waals surface area contributed by atoms with E-state index in [-0.39, 0.29) is 0 Å². The zero-order valence-corrected chi connectivity index (χ0v) is 13.2. The lowest BCUT2D eigenvalue weighted by Gasteiger charge is -2.38. The van der Waals surface area contributed by atoms with Crippen LogP contribution in [0.2, 0.25) is 0 Å². The van der Waals surface area contributed by atoms with Crippen molar-refractivity contribution in [3.8, 4) is 0 Å². The van der Waals surface area contributed by atoms with E-state index in [1.807, 2.05) is 0 Å². The number of hydrogen-bond donors (Lipinski definition) is 1. The summed E-state index contributed by atoms with van der Waals surface area (Å²) in [5, 5.41) is 3.51. The highest BCUT2D eigenvalue weighted by Gasteiger charge is 2.24. The highest BCUT2D eigenvalue weighted by atomic mass is 79.9. The molecule has 0 radical (unpaired) electrons. The largest absolute Gasteiger partial charge is 0.362 e. The molecule has 1 aliphatic heterocycles. The Kier molecular flexibility index (Phi) is 4.08. The van der Waals surface area contributed by atoms with Crippen LogP contribution in [0.3, 0.4) is 0 Å². The summed E-state index contributed by atoms with van der Waals surface area (Å²) in [6.07, 6.45) is 0. The summed E-state index contributed by atoms with van der Waals surface area (Å²) in [4.78, 5) is 2.50. The lowest BCUT2D eigenvalue weighted by Crippen LogP contribution is -2.46. The van der Waals surface area contributed by atoms with E-state index in [9.17, 15) is 0 Å². The van der Waals surface area contributed by atoms with Crippen molar-refractivity contribution in [3.63, 3.8) is 0 Å². The normalized spacial score (nSPS) is 19.1. The SMILES string of the molecule is Cc1ccc(N2CCNCC2c2ccccc2)cc1Br. The van der Waals surface area contributed by atoms with Crippen molar-refractivity contribution < 1.29 is 0 Å². The predicted octanol–water partition coefficient (Wildman–Crippen LogP) is 3.91. The van der Waals surface area contributed by atoms with E-state index in [4.69, 9.17) is 0 Å². The Morgan fingerprint density at radius 3 is 2.70 bits per heavy atom. The first kappa shape index (κ1) is 13.7. The van der Waals surface area contributed by atoms with E-state index in [0.29, 0.717) is 6.04 Å². The molecule has 1 saturated heterocycles. The molecule has 1 N–H and O–H groups in total. The van der Waals surface area contributed by atoms with Crippen molar-refractivity contribution in [3.05, 3.63) is 64.1 Å². The van der Waals surface area contributed by atoms with Gasteiger partial charge in [-0.3, -0.25) is 0 Å². The molecule has 0 amide bonds. The number of anilines is 1. The number of hydrogen-bond acceptors (Lipinski definition) is 2. The third-order valence-corrected chi connectivity index (χ3v) is 4.77. The zero-order valence-electron chi connectivity index (χ0n) is 11.6. The second-order valence-electron chi connectivity index (χ2n) is 5.26. The van der Waals surface area contributed by atoms with Crippen molar-refractivity contribution in [2.75, 3.05) is 24.5 Å². The molecular formula is C17H19BrN2. The highest BCUT2D eigenvalue weighted by molar-refractivity contribution is 9.10. The molecule has 0 saturated carbocycles. The summed E-state index contributed by atoms with van der Waals surface area (Å²) in [6, 6.07) is 17.8. The van der Waals surface area contributed by atoms with E-state index in [1.54, 1.807) is 0 Å². The van der Waals surface area contributed by atoms with Crippen LogP contribution < -0.4 is 10.2 Å². The third kappa shape index (κ3) is 2.74. The van der Waals surface area contributed by atoms with Crippen LogP contribution in [0, 0.1) is 6.92 Å². The minimum Gasteiger partial charge on any atom is -0.362 e. The molecule has 104 valence electrons. The molecule has 0 spiro atoms. The molecule has 1 fully saturated rings. The zero-order chi connectivity index (χ0) is 13.9. The second kappa shape index (κ2) is 5.98. The van der Waals surface area contributed by atoms with Crippen LogP contribution in [0.5, 0.6) is 0 Å². The number of rotatable bonds is 2. The summed E-state index contributed by atoms with van der Waals surface area (Å²) in [5.41, 5.74) is 3.94. The topological polar surface area (TPSA) is 15.3 Å². The number of piperazine rings is 1. The van der Waals surface area contributed by atoms with Gasteiger partial charge in [-0.25, -0.2) is 0 Å². The highest BCUT2D eigenvalue weighted by Crippen LogP contribution is 2.31. The maximum absolute atomic E-state index is 3.65. The van der Waals surface area contributed by atoms with Gasteiger partial charge < -0.3 is 10.2 Å². The average molecular weight is 331 g/mol. The van der Waals surface area contributed by atoms with Crippen LogP contribution >= 0.6 is 15.9 Å². The minimum absolute atomic E-state index is 0.402. The van der Waals surface area contributed by atoms with Gasteiger partial charge in [0.05, 0.1) is 6.04 Å². The van der Waals surface area contributed by atoms with Gasteiger partial charge in [-0.15, -0.1) is 0 Å². The lowest BCUT2D eigenvalue weighted by atomic mass is 10.0. The minimum atomic E-state index is 0.402. The lowest BCUT2D eigenvalue weighted by molar-refractivity contribution is 0.490. The van der Waals surface area contributed by atoms with Crippen LogP contribution in [-0.2, 0) is 0 Å². The monoisotopic (exact) mass is 330 g/mol. The number of nitrogens with one attached hydrogen (secondary N) is 1. The fraction of sp³-hybridized carbons (Fsp3) is 0.294. The number of aryl methyl sites for hydroxylation is 1. The van der Waals surface area contributed by atoms with Gasteiger partial charge in [0.15, 0.2) is 0 Å². The van der Waals surface area contributed by atoms with Crippen LogP contribution in [0.1, 0.15) is 17.2 Å². The van der Waals surface area contributed by atoms with E-state index in [0.717, 1.165) is 19.6 Å². The van der Waals surface area contributed by atoms with Crippen LogP contribution in [0.25, 0.3) is 0 Å².